The SMILES string of the molecule is CCC(O)O.CS(=O)(=O)O.CS(=O)(=O)O. The van der Waals surface area contributed by atoms with Gasteiger partial charge in [0.2, 0.25) is 0 Å². The minimum absolute atomic E-state index is 0.417. The molecule has 0 heterocycles. The van der Waals surface area contributed by atoms with E-state index in [1.54, 1.807) is 6.92 Å². The van der Waals surface area contributed by atoms with Crippen molar-refractivity contribution in [1.29, 1.82) is 0 Å². The molecule has 0 aliphatic rings. The summed E-state index contributed by atoms with van der Waals surface area (Å²) in [6.45, 7) is 1.70. The van der Waals surface area contributed by atoms with Crippen LogP contribution in [0, 0.1) is 0 Å². The number of rotatable bonds is 1. The zero-order valence-corrected chi connectivity index (χ0v) is 10.2. The largest absolute Gasteiger partial charge is 0.368 e. The molecule has 0 amide bonds. The second-order valence-electron chi connectivity index (χ2n) is 2.35. The Morgan fingerprint density at radius 2 is 1.00 bits per heavy atom. The average molecular weight is 268 g/mol. The molecule has 0 aromatic carbocycles. The van der Waals surface area contributed by atoms with Gasteiger partial charge in [-0.1, -0.05) is 6.92 Å². The van der Waals surface area contributed by atoms with Gasteiger partial charge in [-0.25, -0.2) is 0 Å². The fraction of sp³-hybridized carbons (Fsp3) is 1.00. The lowest BCUT2D eigenvalue weighted by Crippen LogP contribution is -1.99. The molecule has 0 radical (unpaired) electrons. The van der Waals surface area contributed by atoms with E-state index in [1.165, 1.54) is 0 Å². The maximum Gasteiger partial charge on any atom is 0.261 e. The maximum absolute atomic E-state index is 9.19. The average Bonchev–Trinajstić information content (AvgIpc) is 1.79. The molecule has 0 saturated carbocycles. The van der Waals surface area contributed by atoms with Gasteiger partial charge in [0.25, 0.3) is 20.2 Å². The van der Waals surface area contributed by atoms with Gasteiger partial charge in [0.05, 0.1) is 12.5 Å². The molecule has 0 rings (SSSR count). The molecule has 0 unspecified atom stereocenters. The van der Waals surface area contributed by atoms with Gasteiger partial charge in [0.15, 0.2) is 6.29 Å². The molecular weight excluding hydrogens is 252 g/mol. The van der Waals surface area contributed by atoms with E-state index in [-0.39, 0.29) is 0 Å². The monoisotopic (exact) mass is 268 g/mol. The first-order valence-electron chi connectivity index (χ1n) is 3.48. The Balaban J connectivity index is -0.000000144. The van der Waals surface area contributed by atoms with Gasteiger partial charge in [-0.2, -0.15) is 16.8 Å². The molecule has 0 saturated heterocycles. The minimum Gasteiger partial charge on any atom is -0.368 e. The molecule has 0 aromatic rings. The van der Waals surface area contributed by atoms with Crippen LogP contribution in [0.4, 0.5) is 0 Å². The van der Waals surface area contributed by atoms with E-state index in [2.05, 4.69) is 0 Å². The Hall–Kier alpha value is -0.260. The summed E-state index contributed by atoms with van der Waals surface area (Å²) in [5.74, 6) is 0. The number of hydrogen-bond acceptors (Lipinski definition) is 6. The van der Waals surface area contributed by atoms with E-state index in [0.717, 1.165) is 0 Å². The van der Waals surface area contributed by atoms with Crippen molar-refractivity contribution in [2.24, 2.45) is 0 Å². The van der Waals surface area contributed by atoms with Crippen LogP contribution < -0.4 is 0 Å². The van der Waals surface area contributed by atoms with E-state index in [9.17, 15) is 16.8 Å². The summed E-state index contributed by atoms with van der Waals surface area (Å²) in [4.78, 5) is 0. The normalized spacial score (nSPS) is 10.9. The first-order valence-corrected chi connectivity index (χ1v) is 7.18. The molecular formula is C5H16O8S2. The van der Waals surface area contributed by atoms with E-state index < -0.39 is 26.5 Å². The van der Waals surface area contributed by atoms with Crippen molar-refractivity contribution < 1.29 is 36.2 Å². The predicted molar refractivity (Wildman–Crippen MR) is 53.5 cm³/mol. The van der Waals surface area contributed by atoms with Crippen LogP contribution in [0.25, 0.3) is 0 Å². The van der Waals surface area contributed by atoms with Gasteiger partial charge >= 0.3 is 0 Å². The third-order valence-corrected chi connectivity index (χ3v) is 0.365. The van der Waals surface area contributed by atoms with Crippen LogP contribution >= 0.6 is 0 Å². The van der Waals surface area contributed by atoms with Crippen molar-refractivity contribution in [3.05, 3.63) is 0 Å². The van der Waals surface area contributed by atoms with Crippen LogP contribution in [-0.2, 0) is 20.2 Å². The molecule has 4 N–H and O–H groups in total. The zero-order chi connectivity index (χ0) is 13.3. The number of hydrogen-bond donors (Lipinski definition) is 4. The zero-order valence-electron chi connectivity index (χ0n) is 8.52. The first kappa shape index (κ1) is 20.2. The molecule has 0 fully saturated rings. The summed E-state index contributed by atoms with van der Waals surface area (Å²) >= 11 is 0. The Morgan fingerprint density at radius 3 is 1.00 bits per heavy atom. The van der Waals surface area contributed by atoms with Gasteiger partial charge in [0, 0.05) is 0 Å². The van der Waals surface area contributed by atoms with Crippen LogP contribution in [-0.4, -0.2) is 55.0 Å². The smallest absolute Gasteiger partial charge is 0.261 e. The Kier molecular flexibility index (Phi) is 12.1. The van der Waals surface area contributed by atoms with Crippen LogP contribution in [0.1, 0.15) is 13.3 Å². The van der Waals surface area contributed by atoms with Crippen molar-refractivity contribution in [1.82, 2.24) is 0 Å². The summed E-state index contributed by atoms with van der Waals surface area (Å²) in [7, 11) is -7.33. The van der Waals surface area contributed by atoms with Crippen molar-refractivity contribution in [3.8, 4) is 0 Å². The highest BCUT2D eigenvalue weighted by atomic mass is 32.2. The van der Waals surface area contributed by atoms with E-state index in [4.69, 9.17) is 19.3 Å². The minimum atomic E-state index is -3.67. The quantitative estimate of drug-likeness (QED) is 0.339. The summed E-state index contributed by atoms with van der Waals surface area (Å²) in [5, 5.41) is 15.8. The highest BCUT2D eigenvalue weighted by Gasteiger charge is 1.83. The second-order valence-corrected chi connectivity index (χ2v) is 5.29. The maximum atomic E-state index is 9.19. The van der Waals surface area contributed by atoms with Crippen molar-refractivity contribution in [2.45, 2.75) is 19.6 Å². The first-order chi connectivity index (χ1) is 6.27. The third kappa shape index (κ3) is 625. The third-order valence-electron chi connectivity index (χ3n) is 0.365. The Labute approximate surface area is 89.1 Å². The van der Waals surface area contributed by atoms with Crippen LogP contribution in [0.15, 0.2) is 0 Å². The lowest BCUT2D eigenvalue weighted by molar-refractivity contribution is -0.0413. The highest BCUT2D eigenvalue weighted by molar-refractivity contribution is 7.85. The van der Waals surface area contributed by atoms with Crippen molar-refractivity contribution in [2.75, 3.05) is 12.5 Å². The van der Waals surface area contributed by atoms with E-state index >= 15 is 0 Å². The topological polar surface area (TPSA) is 149 Å². The van der Waals surface area contributed by atoms with Crippen LogP contribution in [0.3, 0.4) is 0 Å². The molecule has 0 aromatic heterocycles. The van der Waals surface area contributed by atoms with E-state index in [0.29, 0.717) is 18.9 Å². The second kappa shape index (κ2) is 9.00. The highest BCUT2D eigenvalue weighted by Crippen LogP contribution is 1.77. The molecule has 15 heavy (non-hydrogen) atoms. The van der Waals surface area contributed by atoms with Gasteiger partial charge in [-0.15, -0.1) is 0 Å². The summed E-state index contributed by atoms with van der Waals surface area (Å²) in [6.07, 6.45) is 0.731. The fourth-order valence-electron chi connectivity index (χ4n) is 0. The van der Waals surface area contributed by atoms with Gasteiger partial charge in [-0.3, -0.25) is 9.11 Å². The van der Waals surface area contributed by atoms with E-state index in [1.807, 2.05) is 0 Å². The molecule has 8 nitrogen and oxygen atoms in total. The fourth-order valence-corrected chi connectivity index (χ4v) is 0. The lowest BCUT2D eigenvalue weighted by atomic mass is 10.5. The lowest BCUT2D eigenvalue weighted by Gasteiger charge is -1.90. The summed E-state index contributed by atoms with van der Waals surface area (Å²) in [6, 6.07) is 0. The van der Waals surface area contributed by atoms with Gasteiger partial charge in [0.1, 0.15) is 0 Å². The van der Waals surface area contributed by atoms with Gasteiger partial charge in [-0.05, 0) is 6.42 Å². The summed E-state index contributed by atoms with van der Waals surface area (Å²) < 4.78 is 51.7. The number of aliphatic hydroxyl groups excluding tert-OH is 1. The van der Waals surface area contributed by atoms with Crippen molar-refractivity contribution >= 4 is 20.2 Å². The summed E-state index contributed by atoms with van der Waals surface area (Å²) in [5.41, 5.74) is 0. The van der Waals surface area contributed by atoms with Crippen molar-refractivity contribution in [3.63, 3.8) is 0 Å². The molecule has 0 aliphatic heterocycles. The Bertz CT molecular complexity index is 267. The molecule has 10 heteroatoms. The predicted octanol–water partition coefficient (Wildman–Crippen LogP) is -1.28. The molecule has 0 aliphatic carbocycles. The molecule has 96 valence electrons. The molecule has 0 bridgehead atoms. The van der Waals surface area contributed by atoms with Crippen LogP contribution in [0.2, 0.25) is 0 Å². The van der Waals surface area contributed by atoms with Crippen LogP contribution in [0.5, 0.6) is 0 Å². The number of aliphatic hydroxyl groups is 2. The molecule has 0 spiro atoms. The standard InChI is InChI=1S/C3H8O2.2CH4O3S/c1-2-3(4)5;2*1-5(2,3)4/h3-5H,2H2,1H3;2*1H3,(H,2,3,4). The molecule has 0 atom stereocenters. The Morgan fingerprint density at radius 1 is 0.933 bits per heavy atom. The van der Waals surface area contributed by atoms with Gasteiger partial charge < -0.3 is 10.2 Å².